The van der Waals surface area contributed by atoms with Crippen LogP contribution in [0.4, 0.5) is 14.4 Å². The van der Waals surface area contributed by atoms with E-state index in [1.807, 2.05) is 27.8 Å². The third-order valence-corrected chi connectivity index (χ3v) is 10.1. The van der Waals surface area contributed by atoms with E-state index in [1.54, 1.807) is 81.8 Å². The molecule has 0 aromatic rings. The van der Waals surface area contributed by atoms with Crippen LogP contribution < -0.4 is 29.6 Å². The molecule has 3 saturated heterocycles. The van der Waals surface area contributed by atoms with E-state index in [2.05, 4.69) is 21.6 Å². The largest absolute Gasteiger partial charge is 1.00 e. The van der Waals surface area contributed by atoms with Gasteiger partial charge in [0, 0.05) is 102 Å². The van der Waals surface area contributed by atoms with E-state index in [0.717, 1.165) is 64.7 Å². The Balaban J connectivity index is -0.000000183. The number of hydrogen-bond acceptors (Lipinski definition) is 18. The van der Waals surface area contributed by atoms with Crippen molar-refractivity contribution in [3.8, 4) is 0 Å². The van der Waals surface area contributed by atoms with Crippen molar-refractivity contribution in [2.75, 3.05) is 88.4 Å². The molecule has 0 bridgehead atoms. The molecule has 3 aliphatic heterocycles. The number of ketones is 1. The number of aliphatic hydroxyl groups is 4. The molecular weight excluding hydrogens is 920 g/mol. The number of likely N-dealkylation sites (N-methyl/N-ethyl adjacent to an activating group) is 2. The summed E-state index contributed by atoms with van der Waals surface area (Å²) in [6.45, 7) is 22.1. The summed E-state index contributed by atoms with van der Waals surface area (Å²) in [5, 5.41) is 35.9. The van der Waals surface area contributed by atoms with Crippen LogP contribution in [0.25, 0.3) is 0 Å². The number of methoxy groups -OCH3 is 4. The Labute approximate surface area is 448 Å². The standard InChI is InChI=1S/C12H23NO4.C10H18O5.C8H17NO2.C8H15NO2.C8H16O2.C2H6O.CH4.B.Na.H/c1-12(2,3)17-11(15)13-6-5-9(14)7-10(8-13)16-4;1-9(2,3)14-7(11)13-8(12)15-10(4,5)6;2*1-9-4-3-7(10)5-8(6-9)11-2;1-10-8-5-3-2-4-7(9)6-8;1-2-3;;;;/h9-10,14H,5-8H2,1-4H3;1-6H3;7-8,10H,3-6H2,1-2H3;8H,3-6H2,1-2H3;7-9H,2-6H2,1H3;3H,2H2,1H3;1H4;;;/q;;;;;;;;+1;-1. The summed E-state index contributed by atoms with van der Waals surface area (Å²) in [4.78, 5) is 51.0. The molecule has 1 amide bonds. The Hall–Kier alpha value is -1.66. The van der Waals surface area contributed by atoms with Crippen LogP contribution in [-0.4, -0.2) is 216 Å². The molecule has 4 fully saturated rings. The fourth-order valence-corrected chi connectivity index (χ4v) is 6.72. The Morgan fingerprint density at radius 3 is 1.41 bits per heavy atom. The summed E-state index contributed by atoms with van der Waals surface area (Å²) in [7, 11) is 10.8. The molecular formula is C49H100BN3NaO16. The molecule has 7 unspecified atom stereocenters. The number of likely N-dealkylation sites (tertiary alicyclic amines) is 3. The molecule has 7 atom stereocenters. The zero-order chi connectivity index (χ0) is 52.0. The number of nitrogens with zero attached hydrogens (tertiary/aromatic N) is 3. The molecule has 4 N–H and O–H groups in total. The number of Topliss-reactive ketones (excluding diaryl/α,β-unsaturated/α-hetero) is 1. The molecule has 0 aromatic heterocycles. The number of rotatable bonds is 4. The Morgan fingerprint density at radius 2 is 0.971 bits per heavy atom. The Morgan fingerprint density at radius 1 is 0.600 bits per heavy atom. The second-order valence-corrected chi connectivity index (χ2v) is 20.3. The SMILES string of the molecule is C.CC(C)(C)OC(=O)OC(=O)OC(C)(C)C.CCO.COC1CC(=O)CCN(C)C1.COC1CC(O)CCN(C(=O)OC(C)(C)C)C1.COC1CC(O)CCN(C)C1.COC1CCCCC(O)C1.[B].[H-].[Na+]. The van der Waals surface area contributed by atoms with Crippen molar-refractivity contribution in [2.24, 2.45) is 0 Å². The quantitative estimate of drug-likeness (QED) is 0.104. The number of amides is 1. The first-order valence-corrected chi connectivity index (χ1v) is 23.8. The third kappa shape index (κ3) is 45.0. The van der Waals surface area contributed by atoms with Gasteiger partial charge in [0.1, 0.15) is 22.6 Å². The van der Waals surface area contributed by atoms with Gasteiger partial charge in [-0.15, -0.1) is 0 Å². The van der Waals surface area contributed by atoms with E-state index in [0.29, 0.717) is 50.7 Å². The van der Waals surface area contributed by atoms with Crippen LogP contribution in [-0.2, 0) is 42.7 Å². The van der Waals surface area contributed by atoms with E-state index < -0.39 is 35.2 Å². The van der Waals surface area contributed by atoms with Gasteiger partial charge in [0.2, 0.25) is 0 Å². The molecule has 3 heterocycles. The number of aliphatic hydroxyl groups excluding tert-OH is 4. The average molecular weight is 1020 g/mol. The van der Waals surface area contributed by atoms with Crippen molar-refractivity contribution in [3.05, 3.63) is 0 Å². The average Bonchev–Trinajstić information content (AvgIpc) is 3.68. The van der Waals surface area contributed by atoms with Crippen molar-refractivity contribution in [1.29, 1.82) is 0 Å². The van der Waals surface area contributed by atoms with Gasteiger partial charge in [-0.1, -0.05) is 20.3 Å². The van der Waals surface area contributed by atoms with Crippen LogP contribution in [0.3, 0.4) is 0 Å². The van der Waals surface area contributed by atoms with Crippen LogP contribution in [0.1, 0.15) is 149 Å². The molecule has 0 spiro atoms. The van der Waals surface area contributed by atoms with Gasteiger partial charge in [-0.05, 0) is 115 Å². The van der Waals surface area contributed by atoms with Gasteiger partial charge in [-0.3, -0.25) is 4.79 Å². The zero-order valence-corrected chi connectivity index (χ0v) is 47.9. The first kappa shape index (κ1) is 77.2. The van der Waals surface area contributed by atoms with Crippen LogP contribution in [0.5, 0.6) is 0 Å². The predicted octanol–water partition coefficient (Wildman–Crippen LogP) is 3.35. The fourth-order valence-electron chi connectivity index (χ4n) is 6.72. The van der Waals surface area contributed by atoms with Gasteiger partial charge in [0.25, 0.3) is 0 Å². The van der Waals surface area contributed by atoms with Crippen LogP contribution in [0.2, 0.25) is 0 Å². The second kappa shape index (κ2) is 41.7. The number of hydrogen-bond donors (Lipinski definition) is 4. The van der Waals surface area contributed by atoms with Crippen molar-refractivity contribution < 1.29 is 108 Å². The molecule has 411 valence electrons. The normalized spacial score (nSPS) is 24.3. The molecule has 19 nitrogen and oxygen atoms in total. The first-order chi connectivity index (χ1) is 31.0. The minimum atomic E-state index is -1.06. The zero-order valence-electron chi connectivity index (χ0n) is 46.9. The predicted molar refractivity (Wildman–Crippen MR) is 270 cm³/mol. The number of ether oxygens (including phenoxy) is 8. The topological polar surface area (TPSA) is 233 Å². The van der Waals surface area contributed by atoms with E-state index >= 15 is 0 Å². The second-order valence-electron chi connectivity index (χ2n) is 20.3. The van der Waals surface area contributed by atoms with Gasteiger partial charge in [-0.25, -0.2) is 14.4 Å². The molecule has 4 aliphatic rings. The van der Waals surface area contributed by atoms with Crippen LogP contribution in [0, 0.1) is 0 Å². The minimum Gasteiger partial charge on any atom is -1.00 e. The summed E-state index contributed by atoms with van der Waals surface area (Å²) >= 11 is 0. The summed E-state index contributed by atoms with van der Waals surface area (Å²) in [5.74, 6) is 0.321. The first-order valence-electron chi connectivity index (χ1n) is 23.8. The fraction of sp³-hybridized carbons (Fsp3) is 0.918. The minimum absolute atomic E-state index is 0. The summed E-state index contributed by atoms with van der Waals surface area (Å²) in [6, 6.07) is 0. The van der Waals surface area contributed by atoms with Crippen molar-refractivity contribution >= 4 is 32.6 Å². The maximum absolute atomic E-state index is 11.9. The summed E-state index contributed by atoms with van der Waals surface area (Å²) in [5.41, 5.74) is -1.89. The van der Waals surface area contributed by atoms with Crippen molar-refractivity contribution in [2.45, 2.75) is 207 Å². The van der Waals surface area contributed by atoms with Crippen molar-refractivity contribution in [1.82, 2.24) is 14.7 Å². The van der Waals surface area contributed by atoms with Crippen LogP contribution in [0.15, 0.2) is 0 Å². The molecule has 1 saturated carbocycles. The van der Waals surface area contributed by atoms with E-state index in [1.165, 1.54) is 6.42 Å². The molecule has 21 heteroatoms. The van der Waals surface area contributed by atoms with Crippen LogP contribution >= 0.6 is 0 Å². The van der Waals surface area contributed by atoms with E-state index in [9.17, 15) is 34.5 Å². The van der Waals surface area contributed by atoms with Gasteiger partial charge in [0.05, 0.1) is 49.3 Å². The number of carbonyl (C=O) groups excluding carboxylic acids is 4. The van der Waals surface area contributed by atoms with Crippen molar-refractivity contribution in [3.63, 3.8) is 0 Å². The smallest absolute Gasteiger partial charge is 1.00 e. The molecule has 70 heavy (non-hydrogen) atoms. The summed E-state index contributed by atoms with van der Waals surface area (Å²) in [6.07, 6.45) is 6.64. The van der Waals surface area contributed by atoms with Gasteiger partial charge >= 0.3 is 48.0 Å². The van der Waals surface area contributed by atoms with E-state index in [-0.39, 0.29) is 90.0 Å². The molecule has 4 rings (SSSR count). The van der Waals surface area contributed by atoms with Gasteiger partial charge in [-0.2, -0.15) is 0 Å². The number of carbonyl (C=O) groups is 4. The molecule has 0 aromatic carbocycles. The maximum atomic E-state index is 11.9. The van der Waals surface area contributed by atoms with E-state index in [4.69, 9.17) is 38.3 Å². The molecule has 3 radical (unpaired) electrons. The van der Waals surface area contributed by atoms with Gasteiger partial charge < -0.3 is 74.4 Å². The van der Waals surface area contributed by atoms with Gasteiger partial charge in [0.15, 0.2) is 0 Å². The Kier molecular flexibility index (Phi) is 46.0. The third-order valence-electron chi connectivity index (χ3n) is 10.1. The Bertz CT molecular complexity index is 1310. The maximum Gasteiger partial charge on any atom is 1.00 e. The summed E-state index contributed by atoms with van der Waals surface area (Å²) < 4.78 is 39.9. The monoisotopic (exact) mass is 1020 g/mol. The molecule has 1 aliphatic carbocycles.